The molecular weight excluding hydrogens is 307 g/mol. The van der Waals surface area contributed by atoms with Crippen LogP contribution in [-0.4, -0.2) is 49.2 Å². The highest BCUT2D eigenvalue weighted by atomic mass is 35.5. The van der Waals surface area contributed by atoms with E-state index in [4.69, 9.17) is 27.9 Å². The van der Waals surface area contributed by atoms with Crippen LogP contribution in [0.25, 0.3) is 0 Å². The number of ether oxygens (including phenoxy) is 1. The molecule has 0 unspecified atom stereocenters. The van der Waals surface area contributed by atoms with Crippen molar-refractivity contribution >= 4 is 23.2 Å². The van der Waals surface area contributed by atoms with E-state index in [0.29, 0.717) is 45.2 Å². The van der Waals surface area contributed by atoms with Crippen molar-refractivity contribution in [1.82, 2.24) is 15.5 Å². The first-order valence-electron chi connectivity index (χ1n) is 6.36. The summed E-state index contributed by atoms with van der Waals surface area (Å²) >= 11 is 11.8. The molecule has 0 aromatic rings. The molecule has 2 rings (SSSR count). The number of halogens is 2. The Morgan fingerprint density at radius 3 is 2.35 bits per heavy atom. The van der Waals surface area contributed by atoms with E-state index in [1.807, 2.05) is 0 Å². The summed E-state index contributed by atoms with van der Waals surface area (Å²) in [6.07, 6.45) is 0.902. The van der Waals surface area contributed by atoms with Crippen LogP contribution in [0.2, 0.25) is 0 Å². The van der Waals surface area contributed by atoms with Gasteiger partial charge in [-0.05, 0) is 6.42 Å². The van der Waals surface area contributed by atoms with Gasteiger partial charge in [0.1, 0.15) is 4.49 Å². The lowest BCUT2D eigenvalue weighted by Gasteiger charge is -2.30. The third-order valence-electron chi connectivity index (χ3n) is 3.11. The zero-order valence-corrected chi connectivity index (χ0v) is 12.3. The summed E-state index contributed by atoms with van der Waals surface area (Å²) in [4.78, 5) is 12.8. The maximum atomic E-state index is 11.4. The second kappa shape index (κ2) is 7.01. The Kier molecular flexibility index (Phi) is 5.33. The Bertz CT molecular complexity index is 435. The number of nitrogens with one attached hydrogen (secondary N) is 2. The van der Waals surface area contributed by atoms with E-state index in [0.717, 1.165) is 6.42 Å². The van der Waals surface area contributed by atoms with E-state index < -0.39 is 4.92 Å². The monoisotopic (exact) mass is 322 g/mol. The minimum atomic E-state index is -0.462. The van der Waals surface area contributed by atoms with Gasteiger partial charge in [0.2, 0.25) is 0 Å². The van der Waals surface area contributed by atoms with Crippen LogP contribution in [0.3, 0.4) is 0 Å². The zero-order chi connectivity index (χ0) is 14.5. The molecule has 20 heavy (non-hydrogen) atoms. The Hall–Kier alpha value is -1.18. The molecule has 0 saturated carbocycles. The molecule has 2 aliphatic heterocycles. The zero-order valence-electron chi connectivity index (χ0n) is 10.8. The molecule has 2 aliphatic rings. The molecule has 2 fully saturated rings. The first kappa shape index (κ1) is 15.2. The van der Waals surface area contributed by atoms with Gasteiger partial charge in [0.15, 0.2) is 11.5 Å². The Balaban J connectivity index is 2.38. The molecular formula is C11H16Cl2N4O3. The van der Waals surface area contributed by atoms with Crippen LogP contribution in [0.15, 0.2) is 21.7 Å². The third kappa shape index (κ3) is 3.47. The van der Waals surface area contributed by atoms with E-state index in [2.05, 4.69) is 10.6 Å². The van der Waals surface area contributed by atoms with Crippen molar-refractivity contribution in [2.24, 2.45) is 0 Å². The maximum absolute atomic E-state index is 11.4. The average Bonchev–Trinajstić information content (AvgIpc) is 2.45. The molecule has 2 heterocycles. The van der Waals surface area contributed by atoms with E-state index in [1.165, 1.54) is 0 Å². The summed E-state index contributed by atoms with van der Waals surface area (Å²) in [5, 5.41) is 17.4. The van der Waals surface area contributed by atoms with Crippen molar-refractivity contribution < 1.29 is 9.66 Å². The first-order chi connectivity index (χ1) is 9.61. The predicted octanol–water partition coefficient (Wildman–Crippen LogP) is 0.994. The Morgan fingerprint density at radius 1 is 1.25 bits per heavy atom. The molecule has 0 aromatic carbocycles. The normalized spacial score (nSPS) is 18.9. The highest BCUT2D eigenvalue weighted by Gasteiger charge is 2.32. The number of nitro groups is 1. The van der Waals surface area contributed by atoms with Crippen LogP contribution in [0.1, 0.15) is 6.42 Å². The third-order valence-corrected chi connectivity index (χ3v) is 3.47. The van der Waals surface area contributed by atoms with Crippen LogP contribution in [0, 0.1) is 10.1 Å². The largest absolute Gasteiger partial charge is 0.378 e. The van der Waals surface area contributed by atoms with E-state index in [1.54, 1.807) is 4.90 Å². The summed E-state index contributed by atoms with van der Waals surface area (Å²) < 4.78 is 5.14. The molecule has 7 nitrogen and oxygen atoms in total. The smallest absolute Gasteiger partial charge is 0.334 e. The van der Waals surface area contributed by atoms with Gasteiger partial charge in [0.25, 0.3) is 0 Å². The second-order valence-corrected chi connectivity index (χ2v) is 5.35. The minimum absolute atomic E-state index is 0.111. The number of hydrogen-bond acceptors (Lipinski definition) is 6. The highest BCUT2D eigenvalue weighted by molar-refractivity contribution is 6.56. The lowest BCUT2D eigenvalue weighted by atomic mass is 10.2. The topological polar surface area (TPSA) is 79.7 Å². The van der Waals surface area contributed by atoms with Crippen LogP contribution in [0.5, 0.6) is 0 Å². The molecule has 2 N–H and O–H groups in total. The van der Waals surface area contributed by atoms with Crippen LogP contribution in [-0.2, 0) is 4.74 Å². The maximum Gasteiger partial charge on any atom is 0.334 e. The number of morpholine rings is 1. The first-order valence-corrected chi connectivity index (χ1v) is 7.11. The minimum Gasteiger partial charge on any atom is -0.378 e. The van der Waals surface area contributed by atoms with E-state index in [9.17, 15) is 10.1 Å². The molecule has 0 spiro atoms. The standard InChI is InChI=1S/C11H16Cl2N4O3/c12-10(13)8(16-4-6-20-7-5-16)9(17(18)19)11-14-2-1-3-15-11/h14-15H,1-7H2. The number of nitrogens with zero attached hydrogens (tertiary/aromatic N) is 2. The number of rotatable bonds is 3. The van der Waals surface area contributed by atoms with Gasteiger partial charge in [0, 0.05) is 26.2 Å². The summed E-state index contributed by atoms with van der Waals surface area (Å²) in [5.41, 5.74) is 0.116. The van der Waals surface area contributed by atoms with Crippen molar-refractivity contribution in [3.63, 3.8) is 0 Å². The van der Waals surface area contributed by atoms with Gasteiger partial charge in [-0.15, -0.1) is 0 Å². The number of hydrogen-bond donors (Lipinski definition) is 2. The summed E-state index contributed by atoms with van der Waals surface area (Å²) in [6.45, 7) is 3.37. The molecule has 2 saturated heterocycles. The fourth-order valence-corrected chi connectivity index (χ4v) is 2.61. The molecule has 0 aliphatic carbocycles. The average molecular weight is 323 g/mol. The Morgan fingerprint density at radius 2 is 1.85 bits per heavy atom. The van der Waals surface area contributed by atoms with Gasteiger partial charge in [-0.25, -0.2) is 0 Å². The molecule has 0 amide bonds. The van der Waals surface area contributed by atoms with Crippen LogP contribution >= 0.6 is 23.2 Å². The van der Waals surface area contributed by atoms with Crippen LogP contribution in [0.4, 0.5) is 0 Å². The summed E-state index contributed by atoms with van der Waals surface area (Å²) in [5.74, 6) is 0.363. The van der Waals surface area contributed by atoms with Crippen molar-refractivity contribution in [3.8, 4) is 0 Å². The molecule has 0 aromatic heterocycles. The SMILES string of the molecule is O=[N+]([O-])C(=C1NCCCN1)C(=C(Cl)Cl)N1CCOCC1. The summed E-state index contributed by atoms with van der Waals surface area (Å²) in [6, 6.07) is 0. The van der Waals surface area contributed by atoms with Gasteiger partial charge in [-0.2, -0.15) is 0 Å². The van der Waals surface area contributed by atoms with E-state index in [-0.39, 0.29) is 15.9 Å². The lowest BCUT2D eigenvalue weighted by molar-refractivity contribution is -0.424. The van der Waals surface area contributed by atoms with Crippen molar-refractivity contribution in [3.05, 3.63) is 31.8 Å². The molecule has 112 valence electrons. The highest BCUT2D eigenvalue weighted by Crippen LogP contribution is 2.27. The van der Waals surface area contributed by atoms with Gasteiger partial charge in [-0.1, -0.05) is 23.2 Å². The van der Waals surface area contributed by atoms with E-state index >= 15 is 0 Å². The molecule has 0 radical (unpaired) electrons. The molecule has 9 heteroatoms. The predicted molar refractivity (Wildman–Crippen MR) is 75.8 cm³/mol. The fraction of sp³-hybridized carbons (Fsp3) is 0.636. The van der Waals surface area contributed by atoms with Gasteiger partial charge in [-0.3, -0.25) is 10.1 Å². The quantitative estimate of drug-likeness (QED) is 0.596. The Labute approximate surface area is 126 Å². The summed E-state index contributed by atoms with van der Waals surface area (Å²) in [7, 11) is 0. The molecule has 0 atom stereocenters. The van der Waals surface area contributed by atoms with Gasteiger partial charge in [0.05, 0.1) is 18.1 Å². The van der Waals surface area contributed by atoms with Crippen molar-refractivity contribution in [2.75, 3.05) is 39.4 Å². The second-order valence-electron chi connectivity index (χ2n) is 4.40. The lowest BCUT2D eigenvalue weighted by Crippen LogP contribution is -2.41. The molecule has 0 bridgehead atoms. The van der Waals surface area contributed by atoms with Crippen LogP contribution < -0.4 is 10.6 Å². The van der Waals surface area contributed by atoms with Crippen molar-refractivity contribution in [1.29, 1.82) is 0 Å². The van der Waals surface area contributed by atoms with Gasteiger partial charge < -0.3 is 20.3 Å². The van der Waals surface area contributed by atoms with Gasteiger partial charge >= 0.3 is 5.70 Å². The fourth-order valence-electron chi connectivity index (χ4n) is 2.19. The van der Waals surface area contributed by atoms with Crippen molar-refractivity contribution in [2.45, 2.75) is 6.42 Å².